The minimum absolute atomic E-state index is 0.159. The van der Waals surface area contributed by atoms with E-state index in [1.165, 1.54) is 12.7 Å². The largest absolute Gasteiger partial charge is 0.368 e. The number of morpholine rings is 1. The predicted molar refractivity (Wildman–Crippen MR) is 96.6 cm³/mol. The Balaban J connectivity index is 1.54. The monoisotopic (exact) mass is 371 g/mol. The van der Waals surface area contributed by atoms with Crippen molar-refractivity contribution in [3.05, 3.63) is 24.1 Å². The van der Waals surface area contributed by atoms with Gasteiger partial charge < -0.3 is 14.2 Å². The van der Waals surface area contributed by atoms with Crippen molar-refractivity contribution in [2.45, 2.75) is 51.6 Å². The van der Waals surface area contributed by atoms with Gasteiger partial charge in [0.1, 0.15) is 12.4 Å². The summed E-state index contributed by atoms with van der Waals surface area (Å²) >= 11 is 0. The van der Waals surface area contributed by atoms with E-state index in [0.717, 1.165) is 25.7 Å². The quantitative estimate of drug-likeness (QED) is 0.815. The van der Waals surface area contributed by atoms with Crippen molar-refractivity contribution >= 4 is 5.91 Å². The first-order valence-electron chi connectivity index (χ1n) is 9.79. The van der Waals surface area contributed by atoms with Crippen molar-refractivity contribution in [2.75, 3.05) is 19.7 Å². The third-order valence-corrected chi connectivity index (χ3v) is 5.39. The fourth-order valence-corrected chi connectivity index (χ4v) is 3.90. The second-order valence-electron chi connectivity index (χ2n) is 7.17. The molecule has 1 aliphatic carbocycles. The number of carbonyl (C=O) groups is 1. The maximum Gasteiger partial charge on any atom is 0.226 e. The number of amides is 1. The Morgan fingerprint density at radius 1 is 1.30 bits per heavy atom. The third-order valence-electron chi connectivity index (χ3n) is 5.39. The lowest BCUT2D eigenvalue weighted by molar-refractivity contribution is -0.144. The van der Waals surface area contributed by atoms with Crippen LogP contribution in [0.5, 0.6) is 0 Å². The number of hydrogen-bond acceptors (Lipinski definition) is 7. The molecular formula is C19H25N5O3. The van der Waals surface area contributed by atoms with Crippen molar-refractivity contribution in [3.63, 3.8) is 0 Å². The number of nitrogens with zero attached hydrogens (tertiary/aromatic N) is 5. The first-order chi connectivity index (χ1) is 13.3. The van der Waals surface area contributed by atoms with Gasteiger partial charge in [-0.1, -0.05) is 31.3 Å². The van der Waals surface area contributed by atoms with Crippen LogP contribution in [0.1, 0.15) is 56.7 Å². The van der Waals surface area contributed by atoms with Crippen LogP contribution in [-0.4, -0.2) is 50.6 Å². The van der Waals surface area contributed by atoms with Crippen molar-refractivity contribution < 1.29 is 14.1 Å². The SMILES string of the molecule is CCc1nc(-c2cncnc2C2CN(C(=O)C3CCCCC3)CCO2)no1. The molecule has 1 aliphatic heterocycles. The summed E-state index contributed by atoms with van der Waals surface area (Å²) in [7, 11) is 0. The van der Waals surface area contributed by atoms with Gasteiger partial charge in [-0.05, 0) is 12.8 Å². The van der Waals surface area contributed by atoms with Gasteiger partial charge in [0, 0.05) is 25.1 Å². The van der Waals surface area contributed by atoms with E-state index in [1.54, 1.807) is 6.20 Å². The highest BCUT2D eigenvalue weighted by atomic mass is 16.5. The van der Waals surface area contributed by atoms with Crippen LogP contribution in [0, 0.1) is 5.92 Å². The van der Waals surface area contributed by atoms with E-state index >= 15 is 0 Å². The predicted octanol–water partition coefficient (Wildman–Crippen LogP) is 2.57. The Morgan fingerprint density at radius 2 is 2.15 bits per heavy atom. The fourth-order valence-electron chi connectivity index (χ4n) is 3.90. The molecule has 1 unspecified atom stereocenters. The number of aromatic nitrogens is 4. The Hall–Kier alpha value is -2.35. The van der Waals surface area contributed by atoms with Gasteiger partial charge in [0.25, 0.3) is 0 Å². The molecule has 0 bridgehead atoms. The first-order valence-corrected chi connectivity index (χ1v) is 9.79. The van der Waals surface area contributed by atoms with Crippen molar-refractivity contribution in [3.8, 4) is 11.4 Å². The van der Waals surface area contributed by atoms with E-state index in [0.29, 0.717) is 49.1 Å². The highest BCUT2D eigenvalue weighted by Crippen LogP contribution is 2.31. The van der Waals surface area contributed by atoms with Gasteiger partial charge in [0.05, 0.1) is 24.4 Å². The lowest BCUT2D eigenvalue weighted by Crippen LogP contribution is -2.45. The highest BCUT2D eigenvalue weighted by Gasteiger charge is 2.32. The molecule has 2 fully saturated rings. The van der Waals surface area contributed by atoms with Crippen LogP contribution in [0.2, 0.25) is 0 Å². The smallest absolute Gasteiger partial charge is 0.226 e. The zero-order valence-corrected chi connectivity index (χ0v) is 15.6. The molecule has 144 valence electrons. The molecule has 0 radical (unpaired) electrons. The van der Waals surface area contributed by atoms with Gasteiger partial charge in [-0.15, -0.1) is 0 Å². The average molecular weight is 371 g/mol. The topological polar surface area (TPSA) is 94.2 Å². The lowest BCUT2D eigenvalue weighted by Gasteiger charge is -2.36. The van der Waals surface area contributed by atoms with Gasteiger partial charge in [0.15, 0.2) is 0 Å². The summed E-state index contributed by atoms with van der Waals surface area (Å²) in [5.41, 5.74) is 1.40. The average Bonchev–Trinajstić information content (AvgIpc) is 3.23. The van der Waals surface area contributed by atoms with E-state index < -0.39 is 0 Å². The summed E-state index contributed by atoms with van der Waals surface area (Å²) in [4.78, 5) is 27.8. The molecule has 0 N–H and O–H groups in total. The Bertz CT molecular complexity index is 787. The minimum Gasteiger partial charge on any atom is -0.368 e. The summed E-state index contributed by atoms with van der Waals surface area (Å²) in [6.45, 7) is 3.59. The number of ether oxygens (including phenoxy) is 1. The molecule has 8 heteroatoms. The Labute approximate surface area is 158 Å². The van der Waals surface area contributed by atoms with E-state index in [4.69, 9.17) is 9.26 Å². The van der Waals surface area contributed by atoms with Crippen LogP contribution in [0.3, 0.4) is 0 Å². The number of rotatable bonds is 4. The first kappa shape index (κ1) is 18.0. The molecule has 2 aromatic heterocycles. The van der Waals surface area contributed by atoms with E-state index in [9.17, 15) is 4.79 Å². The molecular weight excluding hydrogens is 346 g/mol. The maximum atomic E-state index is 12.9. The molecule has 2 aromatic rings. The second kappa shape index (κ2) is 8.12. The molecule has 0 aromatic carbocycles. The zero-order chi connectivity index (χ0) is 18.6. The maximum absolute atomic E-state index is 12.9. The summed E-state index contributed by atoms with van der Waals surface area (Å²) in [5, 5.41) is 4.04. The Kier molecular flexibility index (Phi) is 5.42. The molecule has 1 saturated carbocycles. The molecule has 4 rings (SSSR count). The molecule has 1 atom stereocenters. The molecule has 27 heavy (non-hydrogen) atoms. The summed E-state index contributed by atoms with van der Waals surface area (Å²) in [6.07, 6.45) is 9.07. The Morgan fingerprint density at radius 3 is 2.93 bits per heavy atom. The fraction of sp³-hybridized carbons (Fsp3) is 0.632. The number of aryl methyl sites for hydroxylation is 1. The van der Waals surface area contributed by atoms with Crippen LogP contribution in [0.25, 0.3) is 11.4 Å². The highest BCUT2D eigenvalue weighted by molar-refractivity contribution is 5.79. The van der Waals surface area contributed by atoms with E-state index in [1.807, 2.05) is 11.8 Å². The van der Waals surface area contributed by atoms with Gasteiger partial charge in [-0.25, -0.2) is 9.97 Å². The number of carbonyl (C=O) groups excluding carboxylic acids is 1. The van der Waals surface area contributed by atoms with Crippen molar-refractivity contribution in [2.24, 2.45) is 5.92 Å². The van der Waals surface area contributed by atoms with Gasteiger partial charge in [-0.2, -0.15) is 4.98 Å². The summed E-state index contributed by atoms with van der Waals surface area (Å²) < 4.78 is 11.2. The third kappa shape index (κ3) is 3.85. The van der Waals surface area contributed by atoms with Crippen LogP contribution < -0.4 is 0 Å². The van der Waals surface area contributed by atoms with Crippen LogP contribution in [0.15, 0.2) is 17.0 Å². The molecule has 8 nitrogen and oxygen atoms in total. The lowest BCUT2D eigenvalue weighted by atomic mass is 9.88. The van der Waals surface area contributed by atoms with Gasteiger partial charge in [-0.3, -0.25) is 4.79 Å². The molecule has 2 aliphatic rings. The van der Waals surface area contributed by atoms with Crippen LogP contribution in [0.4, 0.5) is 0 Å². The molecule has 1 amide bonds. The van der Waals surface area contributed by atoms with E-state index in [-0.39, 0.29) is 17.9 Å². The molecule has 0 spiro atoms. The molecule has 1 saturated heterocycles. The molecule has 3 heterocycles. The zero-order valence-electron chi connectivity index (χ0n) is 15.6. The van der Waals surface area contributed by atoms with Crippen LogP contribution >= 0.6 is 0 Å². The summed E-state index contributed by atoms with van der Waals surface area (Å²) in [6, 6.07) is 0. The summed E-state index contributed by atoms with van der Waals surface area (Å²) in [5.74, 6) is 1.44. The van der Waals surface area contributed by atoms with Gasteiger partial charge >= 0.3 is 0 Å². The standard InChI is InChI=1S/C19H25N5O3/c1-2-16-22-18(23-27-16)14-10-20-12-21-17(14)15-11-24(8-9-26-15)19(25)13-6-4-3-5-7-13/h10,12-13,15H,2-9,11H2,1H3. The van der Waals surface area contributed by atoms with Gasteiger partial charge in [0.2, 0.25) is 17.6 Å². The van der Waals surface area contributed by atoms with Crippen LogP contribution in [-0.2, 0) is 16.0 Å². The van der Waals surface area contributed by atoms with E-state index in [2.05, 4.69) is 20.1 Å². The second-order valence-corrected chi connectivity index (χ2v) is 7.17. The van der Waals surface area contributed by atoms with Crippen molar-refractivity contribution in [1.82, 2.24) is 25.0 Å². The minimum atomic E-state index is -0.312. The number of hydrogen-bond donors (Lipinski definition) is 0. The normalized spacial score (nSPS) is 21.4. The van der Waals surface area contributed by atoms with Crippen molar-refractivity contribution in [1.29, 1.82) is 0 Å².